The predicted molar refractivity (Wildman–Crippen MR) is 64.1 cm³/mol. The highest BCUT2D eigenvalue weighted by atomic mass is 32.2. The maximum atomic E-state index is 11.9. The lowest BCUT2D eigenvalue weighted by atomic mass is 10.2. The minimum absolute atomic E-state index is 0.0894. The lowest BCUT2D eigenvalue weighted by Gasteiger charge is -2.19. The fourth-order valence-corrected chi connectivity index (χ4v) is 1.87. The number of halogens is 3. The fraction of sp³-hybridized carbons (Fsp3) is 0.900. The summed E-state index contributed by atoms with van der Waals surface area (Å²) < 4.78 is 35.6. The van der Waals surface area contributed by atoms with Crippen LogP contribution in [0.5, 0.6) is 0 Å². The molecular weight excluding hydrogens is 253 g/mol. The van der Waals surface area contributed by atoms with Crippen molar-refractivity contribution in [2.75, 3.05) is 18.1 Å². The summed E-state index contributed by atoms with van der Waals surface area (Å²) in [6, 6.07) is -0.531. The molecule has 7 heteroatoms. The molecule has 2 unspecified atom stereocenters. The molecule has 0 fully saturated rings. The van der Waals surface area contributed by atoms with Crippen molar-refractivity contribution in [1.82, 2.24) is 10.6 Å². The van der Waals surface area contributed by atoms with E-state index in [4.69, 9.17) is 0 Å². The number of amides is 1. The van der Waals surface area contributed by atoms with E-state index in [1.807, 2.05) is 19.2 Å². The standard InChI is InChI=1S/C10H19F3N2OS/c1-4-17-5-7(2)15-8(3)9(16)14-6-10(11,12)13/h7-8,15H,4-6H2,1-3H3,(H,14,16). The highest BCUT2D eigenvalue weighted by Crippen LogP contribution is 2.12. The Morgan fingerprint density at radius 2 is 1.94 bits per heavy atom. The molecule has 0 aromatic rings. The van der Waals surface area contributed by atoms with Crippen LogP contribution in [0, 0.1) is 0 Å². The van der Waals surface area contributed by atoms with E-state index in [0.29, 0.717) is 0 Å². The molecule has 0 aromatic heterocycles. The molecule has 0 saturated heterocycles. The second-order valence-corrected chi connectivity index (χ2v) is 5.10. The normalized spacial score (nSPS) is 15.4. The second-order valence-electron chi connectivity index (χ2n) is 3.78. The Morgan fingerprint density at radius 1 is 1.35 bits per heavy atom. The fourth-order valence-electron chi connectivity index (χ4n) is 1.19. The van der Waals surface area contributed by atoms with Crippen LogP contribution in [0.25, 0.3) is 0 Å². The zero-order valence-corrected chi connectivity index (χ0v) is 11.0. The number of hydrogen-bond donors (Lipinski definition) is 2. The van der Waals surface area contributed by atoms with Gasteiger partial charge in [0, 0.05) is 11.8 Å². The third kappa shape index (κ3) is 9.29. The minimum Gasteiger partial charge on any atom is -0.346 e. The first-order valence-corrected chi connectivity index (χ1v) is 6.60. The number of alkyl halides is 3. The molecule has 0 spiro atoms. The van der Waals surface area contributed by atoms with E-state index in [-0.39, 0.29) is 6.04 Å². The average molecular weight is 272 g/mol. The van der Waals surface area contributed by atoms with Crippen molar-refractivity contribution in [3.63, 3.8) is 0 Å². The molecule has 2 N–H and O–H groups in total. The van der Waals surface area contributed by atoms with E-state index in [2.05, 4.69) is 5.32 Å². The van der Waals surface area contributed by atoms with E-state index >= 15 is 0 Å². The Morgan fingerprint density at radius 3 is 2.41 bits per heavy atom. The summed E-state index contributed by atoms with van der Waals surface area (Å²) in [7, 11) is 0. The molecule has 0 rings (SSSR count). The van der Waals surface area contributed by atoms with Gasteiger partial charge in [-0.3, -0.25) is 4.79 Å². The molecule has 1 amide bonds. The second kappa shape index (κ2) is 7.81. The number of carbonyl (C=O) groups is 1. The van der Waals surface area contributed by atoms with Gasteiger partial charge >= 0.3 is 6.18 Å². The quantitative estimate of drug-likeness (QED) is 0.742. The summed E-state index contributed by atoms with van der Waals surface area (Å²) in [5.41, 5.74) is 0. The number of hydrogen-bond acceptors (Lipinski definition) is 3. The number of thioether (sulfide) groups is 1. The molecule has 0 aliphatic heterocycles. The Labute approximate surface area is 104 Å². The third-order valence-electron chi connectivity index (χ3n) is 1.96. The summed E-state index contributed by atoms with van der Waals surface area (Å²) in [6.45, 7) is 4.20. The summed E-state index contributed by atoms with van der Waals surface area (Å²) >= 11 is 1.71. The lowest BCUT2D eigenvalue weighted by Crippen LogP contribution is -2.48. The molecule has 3 nitrogen and oxygen atoms in total. The van der Waals surface area contributed by atoms with Gasteiger partial charge in [0.25, 0.3) is 0 Å². The molecule has 102 valence electrons. The van der Waals surface area contributed by atoms with E-state index in [1.165, 1.54) is 0 Å². The van der Waals surface area contributed by atoms with Gasteiger partial charge in [0.1, 0.15) is 6.54 Å². The van der Waals surface area contributed by atoms with Crippen LogP contribution < -0.4 is 10.6 Å². The first kappa shape index (κ1) is 16.6. The molecular formula is C10H19F3N2OS. The predicted octanol–water partition coefficient (Wildman–Crippen LogP) is 1.78. The molecule has 0 aliphatic rings. The summed E-state index contributed by atoms with van der Waals surface area (Å²) in [6.07, 6.45) is -4.36. The van der Waals surface area contributed by atoms with Crippen LogP contribution >= 0.6 is 11.8 Å². The maximum Gasteiger partial charge on any atom is 0.405 e. The summed E-state index contributed by atoms with van der Waals surface area (Å²) in [4.78, 5) is 11.3. The summed E-state index contributed by atoms with van der Waals surface area (Å²) in [5, 5.41) is 4.80. The van der Waals surface area contributed by atoms with Crippen LogP contribution in [-0.4, -0.2) is 42.2 Å². The zero-order valence-electron chi connectivity index (χ0n) is 10.2. The molecule has 0 bridgehead atoms. The molecule has 0 heterocycles. The molecule has 17 heavy (non-hydrogen) atoms. The average Bonchev–Trinajstić information content (AvgIpc) is 2.21. The lowest BCUT2D eigenvalue weighted by molar-refractivity contribution is -0.139. The monoisotopic (exact) mass is 272 g/mol. The first-order valence-electron chi connectivity index (χ1n) is 5.44. The van der Waals surface area contributed by atoms with E-state index in [0.717, 1.165) is 11.5 Å². The van der Waals surface area contributed by atoms with Crippen LogP contribution in [0.4, 0.5) is 13.2 Å². The van der Waals surface area contributed by atoms with Crippen molar-refractivity contribution < 1.29 is 18.0 Å². The molecule has 0 radical (unpaired) electrons. The Hall–Kier alpha value is -0.430. The largest absolute Gasteiger partial charge is 0.405 e. The van der Waals surface area contributed by atoms with Gasteiger partial charge < -0.3 is 10.6 Å². The number of carbonyl (C=O) groups excluding carboxylic acids is 1. The van der Waals surface area contributed by atoms with Crippen molar-refractivity contribution in [3.05, 3.63) is 0 Å². The van der Waals surface area contributed by atoms with Crippen LogP contribution in [0.3, 0.4) is 0 Å². The van der Waals surface area contributed by atoms with Crippen molar-refractivity contribution in [1.29, 1.82) is 0 Å². The van der Waals surface area contributed by atoms with Crippen molar-refractivity contribution >= 4 is 17.7 Å². The minimum atomic E-state index is -4.36. The van der Waals surface area contributed by atoms with Gasteiger partial charge in [-0.1, -0.05) is 6.92 Å². The smallest absolute Gasteiger partial charge is 0.346 e. The first-order chi connectivity index (χ1) is 7.76. The van der Waals surface area contributed by atoms with Gasteiger partial charge in [0.05, 0.1) is 6.04 Å². The van der Waals surface area contributed by atoms with Gasteiger partial charge in [0.15, 0.2) is 0 Å². The van der Waals surface area contributed by atoms with Crippen LogP contribution in [0.15, 0.2) is 0 Å². The van der Waals surface area contributed by atoms with Gasteiger partial charge in [-0.05, 0) is 19.6 Å². The molecule has 2 atom stereocenters. The summed E-state index contributed by atoms with van der Waals surface area (Å²) in [5.74, 6) is 1.17. The molecule has 0 aromatic carbocycles. The van der Waals surface area contributed by atoms with Gasteiger partial charge in [-0.15, -0.1) is 0 Å². The van der Waals surface area contributed by atoms with Crippen LogP contribution in [0.2, 0.25) is 0 Å². The molecule has 0 saturated carbocycles. The van der Waals surface area contributed by atoms with Gasteiger partial charge in [-0.25, -0.2) is 0 Å². The number of nitrogens with one attached hydrogen (secondary N) is 2. The zero-order chi connectivity index (χ0) is 13.5. The highest BCUT2D eigenvalue weighted by Gasteiger charge is 2.28. The van der Waals surface area contributed by atoms with E-state index in [1.54, 1.807) is 18.7 Å². The van der Waals surface area contributed by atoms with E-state index < -0.39 is 24.7 Å². The Kier molecular flexibility index (Phi) is 7.61. The van der Waals surface area contributed by atoms with Crippen molar-refractivity contribution in [2.24, 2.45) is 0 Å². The van der Waals surface area contributed by atoms with E-state index in [9.17, 15) is 18.0 Å². The highest BCUT2D eigenvalue weighted by molar-refractivity contribution is 7.99. The molecule has 0 aliphatic carbocycles. The van der Waals surface area contributed by atoms with Crippen molar-refractivity contribution in [3.8, 4) is 0 Å². The van der Waals surface area contributed by atoms with Gasteiger partial charge in [0.2, 0.25) is 5.91 Å². The van der Waals surface area contributed by atoms with Crippen LogP contribution in [-0.2, 0) is 4.79 Å². The van der Waals surface area contributed by atoms with Crippen molar-refractivity contribution in [2.45, 2.75) is 39.0 Å². The Balaban J connectivity index is 3.89. The SMILES string of the molecule is CCSCC(C)NC(C)C(=O)NCC(F)(F)F. The van der Waals surface area contributed by atoms with Crippen LogP contribution in [0.1, 0.15) is 20.8 Å². The topological polar surface area (TPSA) is 41.1 Å². The number of rotatable bonds is 7. The Bertz CT molecular complexity index is 236. The maximum absolute atomic E-state index is 11.9. The third-order valence-corrected chi connectivity index (χ3v) is 3.11. The van der Waals surface area contributed by atoms with Gasteiger partial charge in [-0.2, -0.15) is 24.9 Å².